The van der Waals surface area contributed by atoms with Gasteiger partial charge in [0.25, 0.3) is 0 Å². The van der Waals surface area contributed by atoms with Crippen LogP contribution in [0.1, 0.15) is 93.4 Å². The predicted octanol–water partition coefficient (Wildman–Crippen LogP) is 7.58. The Labute approximate surface area is 290 Å². The molecule has 0 radical (unpaired) electrons. The number of hydrogen-bond donors (Lipinski definition) is 1. The summed E-state index contributed by atoms with van der Waals surface area (Å²) < 4.78 is 39.1. The molecule has 2 bridgehead atoms. The molecule has 1 aliphatic carbocycles. The van der Waals surface area contributed by atoms with Crippen LogP contribution in [-0.2, 0) is 32.9 Å². The van der Waals surface area contributed by atoms with Gasteiger partial charge in [0, 0.05) is 26.4 Å². The van der Waals surface area contributed by atoms with Crippen LogP contribution >= 0.6 is 0 Å². The van der Waals surface area contributed by atoms with Gasteiger partial charge in [0.2, 0.25) is 0 Å². The highest BCUT2D eigenvalue weighted by Gasteiger charge is 2.62. The van der Waals surface area contributed by atoms with Gasteiger partial charge in [-0.3, -0.25) is 4.79 Å². The molecule has 0 aromatic rings. The quantitative estimate of drug-likeness (QED) is 0.180. The van der Waals surface area contributed by atoms with Gasteiger partial charge >= 0.3 is 5.97 Å². The first-order chi connectivity index (χ1) is 22.5. The van der Waals surface area contributed by atoms with Gasteiger partial charge in [-0.2, -0.15) is 0 Å². The summed E-state index contributed by atoms with van der Waals surface area (Å²) in [5.41, 5.74) is 1.11. The number of rotatable bonds is 5. The molecule has 4 heterocycles. The summed E-state index contributed by atoms with van der Waals surface area (Å²) in [5, 5.41) is 12.8. The summed E-state index contributed by atoms with van der Waals surface area (Å²) in [6.07, 6.45) is 13.7. The molecule has 1 spiro atoms. The van der Waals surface area contributed by atoms with Crippen molar-refractivity contribution in [3.05, 3.63) is 47.1 Å². The fraction of sp³-hybridized carbons (Fsp3) is 0.769. The molecule has 0 aromatic carbocycles. The van der Waals surface area contributed by atoms with Gasteiger partial charge in [-0.1, -0.05) is 77.5 Å². The van der Waals surface area contributed by atoms with Crippen LogP contribution in [-0.4, -0.2) is 81.6 Å². The standard InChI is InChI=1S/C39H62O8Si/c1-11-33-27(4)17-18-38(46-33)22-31-21-30(45-38)16-15-26(3)19-25(2)13-12-14-29-24-43-35-34(47-48(9,10)37(5,6)7)28(23-42-8)20-32(36(40)44-31)39(29,35)41/h12-15,20,25,27,30-35,41H,11,16-19,21-24H2,1-10H3/b13-12+,26-15+,29-14+/t25-,27-,30+,31-,32-,33+,34+,35+,38+,39+/m0/s1. The average molecular weight is 687 g/mol. The third-order valence-corrected chi connectivity index (χ3v) is 16.3. The average Bonchev–Trinajstić information content (AvgIpc) is 3.34. The van der Waals surface area contributed by atoms with E-state index in [0.717, 1.165) is 37.7 Å². The predicted molar refractivity (Wildman–Crippen MR) is 190 cm³/mol. The summed E-state index contributed by atoms with van der Waals surface area (Å²) in [6, 6.07) is 0. The minimum Gasteiger partial charge on any atom is -0.462 e. The zero-order chi connectivity index (χ0) is 35.1. The molecular weight excluding hydrogens is 625 g/mol. The molecule has 8 nitrogen and oxygen atoms in total. The maximum atomic E-state index is 14.5. The van der Waals surface area contributed by atoms with Crippen molar-refractivity contribution in [3.63, 3.8) is 0 Å². The van der Waals surface area contributed by atoms with E-state index in [1.807, 2.05) is 18.2 Å². The first-order valence-electron chi connectivity index (χ1n) is 18.3. The third-order valence-electron chi connectivity index (χ3n) is 11.9. The maximum Gasteiger partial charge on any atom is 0.316 e. The zero-order valence-corrected chi connectivity index (χ0v) is 32.2. The minimum absolute atomic E-state index is 0.0713. The van der Waals surface area contributed by atoms with E-state index < -0.39 is 49.9 Å². The lowest BCUT2D eigenvalue weighted by Gasteiger charge is -2.50. The summed E-state index contributed by atoms with van der Waals surface area (Å²) in [7, 11) is -0.686. The van der Waals surface area contributed by atoms with Gasteiger partial charge in [-0.15, -0.1) is 0 Å². The van der Waals surface area contributed by atoms with Gasteiger partial charge in [0.1, 0.15) is 23.7 Å². The van der Waals surface area contributed by atoms with Crippen LogP contribution in [0.4, 0.5) is 0 Å². The normalized spacial score (nSPS) is 42.6. The van der Waals surface area contributed by atoms with Crippen LogP contribution in [0.15, 0.2) is 47.1 Å². The monoisotopic (exact) mass is 686 g/mol. The number of hydrogen-bond acceptors (Lipinski definition) is 8. The molecule has 0 saturated carbocycles. The van der Waals surface area contributed by atoms with Crippen LogP contribution in [0.2, 0.25) is 18.1 Å². The number of carbonyl (C=O) groups excluding carboxylic acids is 1. The van der Waals surface area contributed by atoms with Gasteiger partial charge in [-0.05, 0) is 73.7 Å². The Morgan fingerprint density at radius 1 is 1.15 bits per heavy atom. The SMILES string of the molecule is CC[C@H]1O[C@]2(CC[C@@H]1C)C[C@@H]1C[C@@H](C/C=C(\C)C[C@@H](C)/C=C/C=C3\CO[C@@H]4[C@H](O[Si](C)(C)C(C)(C)C)C(COC)=C[C@@H](C(=O)O1)[C@]34O)O2. The van der Waals surface area contributed by atoms with Crippen molar-refractivity contribution in [2.24, 2.45) is 17.8 Å². The highest BCUT2D eigenvalue weighted by atomic mass is 28.4. The van der Waals surface area contributed by atoms with E-state index in [0.29, 0.717) is 24.3 Å². The molecule has 270 valence electrons. The Balaban J connectivity index is 1.57. The first-order valence-corrected chi connectivity index (χ1v) is 21.2. The van der Waals surface area contributed by atoms with E-state index in [1.54, 1.807) is 7.11 Å². The number of ether oxygens (including phenoxy) is 5. The smallest absolute Gasteiger partial charge is 0.316 e. The van der Waals surface area contributed by atoms with Crippen molar-refractivity contribution < 1.29 is 38.0 Å². The molecule has 0 aromatic heterocycles. The molecule has 0 amide bonds. The number of aliphatic hydroxyl groups is 1. The molecule has 10 atom stereocenters. The molecule has 48 heavy (non-hydrogen) atoms. The van der Waals surface area contributed by atoms with Crippen molar-refractivity contribution in [3.8, 4) is 0 Å². The molecule has 9 heteroatoms. The molecule has 5 aliphatic rings. The van der Waals surface area contributed by atoms with E-state index in [-0.39, 0.29) is 36.4 Å². The molecule has 5 rings (SSSR count). The van der Waals surface area contributed by atoms with E-state index in [2.05, 4.69) is 73.7 Å². The van der Waals surface area contributed by atoms with Gasteiger partial charge < -0.3 is 33.2 Å². The summed E-state index contributed by atoms with van der Waals surface area (Å²) in [4.78, 5) is 14.5. The Kier molecular flexibility index (Phi) is 11.4. The molecule has 4 aliphatic heterocycles. The van der Waals surface area contributed by atoms with E-state index in [1.165, 1.54) is 5.57 Å². The number of allylic oxidation sites excluding steroid dienone is 4. The van der Waals surface area contributed by atoms with Crippen molar-refractivity contribution in [1.29, 1.82) is 0 Å². The van der Waals surface area contributed by atoms with Crippen molar-refractivity contribution in [1.82, 2.24) is 0 Å². The second-order valence-electron chi connectivity index (χ2n) is 16.8. The Hall–Kier alpha value is -1.59. The molecule has 0 unspecified atom stereocenters. The Morgan fingerprint density at radius 3 is 2.58 bits per heavy atom. The van der Waals surface area contributed by atoms with E-state index in [9.17, 15) is 9.90 Å². The van der Waals surface area contributed by atoms with E-state index in [4.69, 9.17) is 28.1 Å². The van der Waals surface area contributed by atoms with E-state index >= 15 is 0 Å². The second-order valence-corrected chi connectivity index (χ2v) is 21.5. The van der Waals surface area contributed by atoms with Gasteiger partial charge in [0.05, 0.1) is 31.5 Å². The lowest BCUT2D eigenvalue weighted by molar-refractivity contribution is -0.335. The van der Waals surface area contributed by atoms with Crippen LogP contribution in [0.25, 0.3) is 0 Å². The zero-order valence-electron chi connectivity index (χ0n) is 31.2. The summed E-state index contributed by atoms with van der Waals surface area (Å²) >= 11 is 0. The fourth-order valence-corrected chi connectivity index (χ4v) is 9.31. The topological polar surface area (TPSA) is 92.7 Å². The lowest BCUT2D eigenvalue weighted by atomic mass is 9.70. The van der Waals surface area contributed by atoms with Crippen molar-refractivity contribution >= 4 is 14.3 Å². The largest absolute Gasteiger partial charge is 0.462 e. The van der Waals surface area contributed by atoms with Crippen LogP contribution in [0.3, 0.4) is 0 Å². The molecular formula is C39H62O8Si. The Bertz CT molecular complexity index is 1290. The lowest BCUT2D eigenvalue weighted by Crippen LogP contribution is -2.61. The molecule has 3 fully saturated rings. The van der Waals surface area contributed by atoms with Crippen molar-refractivity contribution in [2.45, 2.75) is 153 Å². The Morgan fingerprint density at radius 2 is 1.90 bits per heavy atom. The summed E-state index contributed by atoms with van der Waals surface area (Å²) in [5.74, 6) is -1.52. The van der Waals surface area contributed by atoms with Gasteiger partial charge in [-0.25, -0.2) is 0 Å². The number of carbonyl (C=O) groups is 1. The minimum atomic E-state index is -2.33. The highest BCUT2D eigenvalue weighted by molar-refractivity contribution is 6.74. The van der Waals surface area contributed by atoms with Crippen molar-refractivity contribution in [2.75, 3.05) is 20.3 Å². The van der Waals surface area contributed by atoms with Crippen LogP contribution in [0.5, 0.6) is 0 Å². The fourth-order valence-electron chi connectivity index (χ4n) is 8.04. The summed E-state index contributed by atoms with van der Waals surface area (Å²) in [6.45, 7) is 20.2. The maximum absolute atomic E-state index is 14.5. The highest BCUT2D eigenvalue weighted by Crippen LogP contribution is 2.50. The number of methoxy groups -OCH3 is 1. The second kappa shape index (κ2) is 14.6. The molecule has 1 N–H and O–H groups in total. The van der Waals surface area contributed by atoms with Crippen LogP contribution < -0.4 is 0 Å². The van der Waals surface area contributed by atoms with Crippen LogP contribution in [0, 0.1) is 17.8 Å². The molecule has 3 saturated heterocycles. The van der Waals surface area contributed by atoms with Gasteiger partial charge in [0.15, 0.2) is 14.1 Å². The first kappa shape index (κ1) is 37.7. The number of esters is 1. The number of fused-ring (bicyclic) bond motifs is 2. The third kappa shape index (κ3) is 7.68.